The van der Waals surface area contributed by atoms with Gasteiger partial charge in [-0.3, -0.25) is 4.90 Å². The summed E-state index contributed by atoms with van der Waals surface area (Å²) in [5.74, 6) is 0.889. The van der Waals surface area contributed by atoms with Crippen LogP contribution >= 0.6 is 24.0 Å². The molecule has 2 aliphatic rings. The van der Waals surface area contributed by atoms with Gasteiger partial charge in [-0.2, -0.15) is 0 Å². The van der Waals surface area contributed by atoms with Crippen LogP contribution in [-0.2, 0) is 13.1 Å². The number of hydrogen-bond donors (Lipinski definition) is 3. The van der Waals surface area contributed by atoms with Crippen LogP contribution in [-0.4, -0.2) is 70.9 Å². The number of rotatable bonds is 5. The lowest BCUT2D eigenvalue weighted by molar-refractivity contribution is 0.0792. The molecule has 2 fully saturated rings. The number of β-amino-alcohol motifs (C(OH)–C–C–N with tert-alkyl or cyclic N) is 1. The van der Waals surface area contributed by atoms with E-state index in [0.29, 0.717) is 13.1 Å². The third-order valence-corrected chi connectivity index (χ3v) is 5.20. The van der Waals surface area contributed by atoms with E-state index < -0.39 is 0 Å². The van der Waals surface area contributed by atoms with Crippen molar-refractivity contribution in [3.63, 3.8) is 0 Å². The van der Waals surface area contributed by atoms with Crippen LogP contribution in [0.5, 0.6) is 0 Å². The van der Waals surface area contributed by atoms with Crippen molar-refractivity contribution in [1.29, 1.82) is 0 Å². The van der Waals surface area contributed by atoms with Crippen LogP contribution < -0.4 is 5.32 Å². The number of nitrogens with one attached hydrogen (secondary N) is 1. The zero-order valence-corrected chi connectivity index (χ0v) is 18.5. The second-order valence-electron chi connectivity index (χ2n) is 7.38. The van der Waals surface area contributed by atoms with Gasteiger partial charge in [-0.25, -0.2) is 4.99 Å². The quantitative estimate of drug-likeness (QED) is 0.335. The van der Waals surface area contributed by atoms with Gasteiger partial charge in [0, 0.05) is 39.3 Å². The highest BCUT2D eigenvalue weighted by Crippen LogP contribution is 2.15. The minimum atomic E-state index is -0.242. The largest absolute Gasteiger partial charge is 0.393 e. The predicted molar refractivity (Wildman–Crippen MR) is 119 cm³/mol. The van der Waals surface area contributed by atoms with Crippen molar-refractivity contribution in [1.82, 2.24) is 15.1 Å². The van der Waals surface area contributed by atoms with E-state index in [-0.39, 0.29) is 36.2 Å². The zero-order valence-electron chi connectivity index (χ0n) is 16.2. The van der Waals surface area contributed by atoms with Crippen LogP contribution in [0.4, 0.5) is 0 Å². The molecule has 0 aliphatic carbocycles. The van der Waals surface area contributed by atoms with Crippen molar-refractivity contribution in [2.45, 2.75) is 51.5 Å². The number of hydrogen-bond acceptors (Lipinski definition) is 4. The third kappa shape index (κ3) is 6.89. The second-order valence-corrected chi connectivity index (χ2v) is 7.38. The summed E-state index contributed by atoms with van der Waals surface area (Å²) in [5, 5.41) is 22.7. The molecule has 2 heterocycles. The number of halogens is 1. The summed E-state index contributed by atoms with van der Waals surface area (Å²) in [5.41, 5.74) is 2.50. The monoisotopic (exact) mass is 488 g/mol. The summed E-state index contributed by atoms with van der Waals surface area (Å²) in [7, 11) is 0. The van der Waals surface area contributed by atoms with Crippen LogP contribution in [0.3, 0.4) is 0 Å². The first-order chi connectivity index (χ1) is 12.6. The van der Waals surface area contributed by atoms with Crippen molar-refractivity contribution in [3.05, 3.63) is 35.4 Å². The van der Waals surface area contributed by atoms with Crippen LogP contribution in [0.25, 0.3) is 0 Å². The number of benzene rings is 1. The maximum atomic E-state index is 9.74. The number of nitrogens with zero attached hydrogens (tertiary/aromatic N) is 3. The van der Waals surface area contributed by atoms with E-state index in [1.165, 1.54) is 11.1 Å². The van der Waals surface area contributed by atoms with E-state index >= 15 is 0 Å². The molecule has 7 heteroatoms. The Kier molecular flexibility index (Phi) is 9.28. The summed E-state index contributed by atoms with van der Waals surface area (Å²) in [6, 6.07) is 8.67. The Morgan fingerprint density at radius 1 is 1.04 bits per heavy atom. The van der Waals surface area contributed by atoms with Gasteiger partial charge in [-0.05, 0) is 37.3 Å². The van der Waals surface area contributed by atoms with E-state index in [4.69, 9.17) is 4.99 Å². The number of aliphatic hydroxyl groups excluding tert-OH is 2. The Labute approximate surface area is 179 Å². The molecular formula is C20H33IN4O2. The summed E-state index contributed by atoms with van der Waals surface area (Å²) in [6.07, 6.45) is 2.21. The van der Waals surface area contributed by atoms with E-state index in [1.807, 2.05) is 0 Å². The second kappa shape index (κ2) is 11.2. The van der Waals surface area contributed by atoms with Crippen molar-refractivity contribution in [3.8, 4) is 0 Å². The normalized spacial score (nSPS) is 22.0. The highest BCUT2D eigenvalue weighted by molar-refractivity contribution is 14.0. The third-order valence-electron chi connectivity index (χ3n) is 5.20. The molecule has 3 N–H and O–H groups in total. The van der Waals surface area contributed by atoms with Gasteiger partial charge in [0.05, 0.1) is 18.8 Å². The molecule has 0 spiro atoms. The van der Waals surface area contributed by atoms with Gasteiger partial charge < -0.3 is 20.4 Å². The van der Waals surface area contributed by atoms with Crippen LogP contribution in [0.2, 0.25) is 0 Å². The van der Waals surface area contributed by atoms with Gasteiger partial charge in [0.25, 0.3) is 0 Å². The zero-order chi connectivity index (χ0) is 18.4. The maximum absolute atomic E-state index is 9.74. The molecule has 1 atom stereocenters. The molecule has 1 aromatic rings. The molecule has 2 saturated heterocycles. The summed E-state index contributed by atoms with van der Waals surface area (Å²) < 4.78 is 0. The molecule has 1 aromatic carbocycles. The van der Waals surface area contributed by atoms with Gasteiger partial charge in [0.1, 0.15) is 0 Å². The van der Waals surface area contributed by atoms with Crippen LogP contribution in [0, 0.1) is 0 Å². The standard InChI is InChI=1S/C20H32N4O2.HI/c1-2-21-20(24-12-9-19(26)15-24)22-13-16-3-5-17(6-4-16)14-23-10-7-18(25)8-11-23;/h3-6,18-19,25-26H,2,7-15H2,1H3,(H,21,22);1H/t19-;/m1./s1. The molecular weight excluding hydrogens is 455 g/mol. The molecule has 0 amide bonds. The number of piperidine rings is 1. The minimum absolute atomic E-state index is 0. The van der Waals surface area contributed by atoms with Crippen molar-refractivity contribution >= 4 is 29.9 Å². The SMILES string of the molecule is CCNC(=NCc1ccc(CN2CCC(O)CC2)cc1)N1CC[C@@H](O)C1.I. The Morgan fingerprint density at radius 3 is 2.26 bits per heavy atom. The lowest BCUT2D eigenvalue weighted by atomic mass is 10.1. The molecule has 0 bridgehead atoms. The van der Waals surface area contributed by atoms with Gasteiger partial charge in [-0.1, -0.05) is 24.3 Å². The summed E-state index contributed by atoms with van der Waals surface area (Å²) in [4.78, 5) is 9.27. The van der Waals surface area contributed by atoms with Crippen molar-refractivity contribution < 1.29 is 10.2 Å². The molecule has 27 heavy (non-hydrogen) atoms. The van der Waals surface area contributed by atoms with Crippen LogP contribution in [0.15, 0.2) is 29.3 Å². The van der Waals surface area contributed by atoms with Crippen LogP contribution in [0.1, 0.15) is 37.3 Å². The number of aliphatic imine (C=N–C) groups is 1. The molecule has 3 rings (SSSR count). The fourth-order valence-corrected chi connectivity index (χ4v) is 3.61. The summed E-state index contributed by atoms with van der Waals surface area (Å²) in [6.45, 7) is 7.95. The fourth-order valence-electron chi connectivity index (χ4n) is 3.61. The molecule has 0 aromatic heterocycles. The first kappa shape index (κ1) is 22.4. The Balaban J connectivity index is 0.00000261. The summed E-state index contributed by atoms with van der Waals surface area (Å²) >= 11 is 0. The van der Waals surface area contributed by atoms with Gasteiger partial charge in [-0.15, -0.1) is 24.0 Å². The highest BCUT2D eigenvalue weighted by atomic mass is 127. The highest BCUT2D eigenvalue weighted by Gasteiger charge is 2.22. The Morgan fingerprint density at radius 2 is 1.67 bits per heavy atom. The molecule has 2 aliphatic heterocycles. The lowest BCUT2D eigenvalue weighted by Crippen LogP contribution is -2.40. The molecule has 0 unspecified atom stereocenters. The van der Waals surface area contributed by atoms with E-state index in [9.17, 15) is 10.2 Å². The molecule has 6 nitrogen and oxygen atoms in total. The predicted octanol–water partition coefficient (Wildman–Crippen LogP) is 1.79. The van der Waals surface area contributed by atoms with Gasteiger partial charge in [0.15, 0.2) is 5.96 Å². The van der Waals surface area contributed by atoms with E-state index in [0.717, 1.165) is 57.9 Å². The smallest absolute Gasteiger partial charge is 0.194 e. The first-order valence-electron chi connectivity index (χ1n) is 9.83. The fraction of sp³-hybridized carbons (Fsp3) is 0.650. The Hall–Kier alpha value is -0.900. The number of guanidine groups is 1. The van der Waals surface area contributed by atoms with Gasteiger partial charge in [0.2, 0.25) is 0 Å². The lowest BCUT2D eigenvalue weighted by Gasteiger charge is -2.29. The van der Waals surface area contributed by atoms with Crippen molar-refractivity contribution in [2.75, 3.05) is 32.7 Å². The average molecular weight is 488 g/mol. The Bertz CT molecular complexity index is 588. The van der Waals surface area contributed by atoms with E-state index in [1.54, 1.807) is 0 Å². The van der Waals surface area contributed by atoms with E-state index in [2.05, 4.69) is 46.3 Å². The van der Waals surface area contributed by atoms with Gasteiger partial charge >= 0.3 is 0 Å². The maximum Gasteiger partial charge on any atom is 0.194 e. The molecule has 0 saturated carbocycles. The number of likely N-dealkylation sites (tertiary alicyclic amines) is 2. The van der Waals surface area contributed by atoms with Crippen molar-refractivity contribution in [2.24, 2.45) is 4.99 Å². The topological polar surface area (TPSA) is 71.3 Å². The number of aliphatic hydroxyl groups is 2. The molecule has 0 radical (unpaired) electrons. The first-order valence-corrected chi connectivity index (χ1v) is 9.83. The minimum Gasteiger partial charge on any atom is -0.393 e. The average Bonchev–Trinajstić information content (AvgIpc) is 3.08. The molecule has 152 valence electrons.